The molecule has 0 spiro atoms. The van der Waals surface area contributed by atoms with E-state index in [9.17, 15) is 4.79 Å². The first-order valence-corrected chi connectivity index (χ1v) is 9.67. The molecule has 4 nitrogen and oxygen atoms in total. The summed E-state index contributed by atoms with van der Waals surface area (Å²) in [5, 5.41) is 12.0. The lowest BCUT2D eigenvalue weighted by atomic mass is 10.1. The molecule has 0 fully saturated rings. The van der Waals surface area contributed by atoms with Gasteiger partial charge in [0, 0.05) is 5.56 Å². The maximum absolute atomic E-state index is 12.5. The topological polar surface area (TPSA) is 46.9 Å². The third-order valence-electron chi connectivity index (χ3n) is 4.17. The van der Waals surface area contributed by atoms with Crippen molar-refractivity contribution in [2.24, 2.45) is 0 Å². The molecule has 0 aliphatic carbocycles. The van der Waals surface area contributed by atoms with Crippen molar-refractivity contribution in [2.75, 3.05) is 5.32 Å². The van der Waals surface area contributed by atoms with Gasteiger partial charge in [-0.3, -0.25) is 4.79 Å². The summed E-state index contributed by atoms with van der Waals surface area (Å²) >= 11 is 3.36. The minimum atomic E-state index is -0.120. The Labute approximate surface area is 148 Å². The Morgan fingerprint density at radius 3 is 2.71 bits per heavy atom. The van der Waals surface area contributed by atoms with Crippen molar-refractivity contribution in [3.8, 4) is 5.69 Å². The van der Waals surface area contributed by atoms with Gasteiger partial charge in [0.1, 0.15) is 5.82 Å². The Kier molecular flexibility index (Phi) is 3.94. The minimum Gasteiger partial charge on any atom is -0.309 e. The molecule has 4 rings (SSSR count). The normalized spacial score (nSPS) is 20.3. The smallest absolute Gasteiger partial charge is 0.238 e. The quantitative estimate of drug-likeness (QED) is 0.741. The summed E-state index contributed by atoms with van der Waals surface area (Å²) in [5.74, 6) is 0.813. The number of benzene rings is 1. The van der Waals surface area contributed by atoms with Crippen molar-refractivity contribution in [2.45, 2.75) is 24.3 Å². The lowest BCUT2D eigenvalue weighted by molar-refractivity contribution is -0.115. The van der Waals surface area contributed by atoms with Gasteiger partial charge in [0.15, 0.2) is 0 Å². The standard InChI is InChI=1S/C18H17N3OS2/c1-11-15-16(13-8-9-23-10-13)24-12(2)18(22)19-17(15)21(20-11)14-6-4-3-5-7-14/h3-10,12,16H,1-2H3,(H,19,22)/t12-,16+/m0/s1. The largest absolute Gasteiger partial charge is 0.309 e. The Bertz CT molecular complexity index is 871. The SMILES string of the molecule is Cc1nn(-c2ccccc2)c2c1[C@@H](c1ccsc1)S[C@@H](C)C(=O)N2. The molecule has 1 aromatic carbocycles. The number of amides is 1. The molecule has 1 amide bonds. The van der Waals surface area contributed by atoms with Crippen LogP contribution in [0.25, 0.3) is 5.69 Å². The molecule has 0 saturated heterocycles. The number of para-hydroxylation sites is 1. The van der Waals surface area contributed by atoms with Crippen LogP contribution >= 0.6 is 23.1 Å². The minimum absolute atomic E-state index is 0.0241. The van der Waals surface area contributed by atoms with E-state index in [-0.39, 0.29) is 16.4 Å². The zero-order valence-corrected chi connectivity index (χ0v) is 15.0. The molecular weight excluding hydrogens is 338 g/mol. The molecule has 0 bridgehead atoms. The number of nitrogens with zero attached hydrogens (tertiary/aromatic N) is 2. The number of thioether (sulfide) groups is 1. The molecule has 1 aliphatic heterocycles. The number of nitrogens with one attached hydrogen (secondary N) is 1. The van der Waals surface area contributed by atoms with E-state index in [0.29, 0.717) is 0 Å². The van der Waals surface area contributed by atoms with Crippen molar-refractivity contribution >= 4 is 34.8 Å². The van der Waals surface area contributed by atoms with Crippen LogP contribution in [0.3, 0.4) is 0 Å². The predicted molar refractivity (Wildman–Crippen MR) is 100 cm³/mol. The molecule has 2 aromatic heterocycles. The molecule has 3 aromatic rings. The second kappa shape index (κ2) is 6.11. The zero-order chi connectivity index (χ0) is 16.7. The van der Waals surface area contributed by atoms with Gasteiger partial charge in [0.2, 0.25) is 5.91 Å². The summed E-state index contributed by atoms with van der Waals surface area (Å²) in [6, 6.07) is 12.1. The highest BCUT2D eigenvalue weighted by Crippen LogP contribution is 2.46. The van der Waals surface area contributed by atoms with Crippen LogP contribution in [0, 0.1) is 6.92 Å². The van der Waals surface area contributed by atoms with Crippen molar-refractivity contribution in [1.82, 2.24) is 9.78 Å². The summed E-state index contributed by atoms with van der Waals surface area (Å²) in [6.07, 6.45) is 0. The maximum Gasteiger partial charge on any atom is 0.238 e. The van der Waals surface area contributed by atoms with Crippen LogP contribution in [0.2, 0.25) is 0 Å². The molecule has 1 N–H and O–H groups in total. The Hall–Kier alpha value is -2.05. The number of rotatable bonds is 2. The van der Waals surface area contributed by atoms with Crippen molar-refractivity contribution in [1.29, 1.82) is 0 Å². The number of thiophene rings is 1. The molecule has 0 radical (unpaired) electrons. The fourth-order valence-corrected chi connectivity index (χ4v) is 5.04. The van der Waals surface area contributed by atoms with E-state index >= 15 is 0 Å². The molecule has 122 valence electrons. The second-order valence-electron chi connectivity index (χ2n) is 5.80. The molecule has 2 atom stereocenters. The van der Waals surface area contributed by atoms with Crippen LogP contribution in [0.15, 0.2) is 47.2 Å². The molecule has 1 aliphatic rings. The van der Waals surface area contributed by atoms with E-state index in [1.54, 1.807) is 23.1 Å². The number of carbonyl (C=O) groups is 1. The molecule has 24 heavy (non-hydrogen) atoms. The van der Waals surface area contributed by atoms with E-state index in [4.69, 9.17) is 5.10 Å². The second-order valence-corrected chi connectivity index (χ2v) is 8.03. The van der Waals surface area contributed by atoms with Gasteiger partial charge < -0.3 is 5.32 Å². The number of anilines is 1. The molecule has 6 heteroatoms. The van der Waals surface area contributed by atoms with Crippen LogP contribution in [0.5, 0.6) is 0 Å². The Balaban J connectivity index is 1.92. The predicted octanol–water partition coefficient (Wildman–Crippen LogP) is 4.41. The number of fused-ring (bicyclic) bond motifs is 1. The Morgan fingerprint density at radius 2 is 2.00 bits per heavy atom. The van der Waals surface area contributed by atoms with Gasteiger partial charge in [-0.15, -0.1) is 11.8 Å². The van der Waals surface area contributed by atoms with Gasteiger partial charge in [0.25, 0.3) is 0 Å². The van der Waals surface area contributed by atoms with E-state index in [0.717, 1.165) is 22.8 Å². The van der Waals surface area contributed by atoms with E-state index in [1.165, 1.54) is 5.56 Å². The number of carbonyl (C=O) groups excluding carboxylic acids is 1. The van der Waals surface area contributed by atoms with E-state index in [1.807, 2.05) is 48.9 Å². The number of aryl methyl sites for hydroxylation is 1. The summed E-state index contributed by atoms with van der Waals surface area (Å²) < 4.78 is 1.85. The molecule has 0 saturated carbocycles. The first-order chi connectivity index (χ1) is 11.6. The average Bonchev–Trinajstić information content (AvgIpc) is 3.19. The summed E-state index contributed by atoms with van der Waals surface area (Å²) in [7, 11) is 0. The van der Waals surface area contributed by atoms with E-state index < -0.39 is 0 Å². The average molecular weight is 355 g/mol. The van der Waals surface area contributed by atoms with Crippen molar-refractivity contribution in [3.05, 3.63) is 64.0 Å². The first-order valence-electron chi connectivity index (χ1n) is 7.78. The molecule has 3 heterocycles. The van der Waals surface area contributed by atoms with Crippen LogP contribution < -0.4 is 5.32 Å². The van der Waals surface area contributed by atoms with Gasteiger partial charge in [-0.1, -0.05) is 18.2 Å². The Morgan fingerprint density at radius 1 is 1.21 bits per heavy atom. The summed E-state index contributed by atoms with van der Waals surface area (Å²) in [5.41, 5.74) is 4.22. The molecular formula is C18H17N3OS2. The third-order valence-corrected chi connectivity index (χ3v) is 6.27. The van der Waals surface area contributed by atoms with E-state index in [2.05, 4.69) is 22.1 Å². The van der Waals surface area contributed by atoms with Crippen LogP contribution in [-0.4, -0.2) is 20.9 Å². The number of aromatic nitrogens is 2. The summed E-state index contributed by atoms with van der Waals surface area (Å²) in [4.78, 5) is 12.5. The van der Waals surface area contributed by atoms with Crippen LogP contribution in [0.1, 0.15) is 29.0 Å². The fraction of sp³-hybridized carbons (Fsp3) is 0.222. The summed E-state index contributed by atoms with van der Waals surface area (Å²) in [6.45, 7) is 3.97. The highest BCUT2D eigenvalue weighted by molar-refractivity contribution is 8.01. The first kappa shape index (κ1) is 15.5. The van der Waals surface area contributed by atoms with Gasteiger partial charge in [-0.25, -0.2) is 4.68 Å². The monoisotopic (exact) mass is 355 g/mol. The fourth-order valence-electron chi connectivity index (χ4n) is 2.95. The maximum atomic E-state index is 12.5. The highest BCUT2D eigenvalue weighted by Gasteiger charge is 2.34. The van der Waals surface area contributed by atoms with Gasteiger partial charge in [0.05, 0.1) is 21.9 Å². The highest BCUT2D eigenvalue weighted by atomic mass is 32.2. The van der Waals surface area contributed by atoms with Crippen LogP contribution in [0.4, 0.5) is 5.82 Å². The lowest BCUT2D eigenvalue weighted by Crippen LogP contribution is -2.22. The molecule has 0 unspecified atom stereocenters. The van der Waals surface area contributed by atoms with Gasteiger partial charge >= 0.3 is 0 Å². The van der Waals surface area contributed by atoms with Crippen molar-refractivity contribution in [3.63, 3.8) is 0 Å². The lowest BCUT2D eigenvalue weighted by Gasteiger charge is -2.15. The van der Waals surface area contributed by atoms with Crippen LogP contribution in [-0.2, 0) is 4.79 Å². The van der Waals surface area contributed by atoms with Gasteiger partial charge in [-0.05, 0) is 48.4 Å². The zero-order valence-electron chi connectivity index (χ0n) is 13.4. The number of hydrogen-bond acceptors (Lipinski definition) is 4. The van der Waals surface area contributed by atoms with Crippen molar-refractivity contribution < 1.29 is 4.79 Å². The number of hydrogen-bond donors (Lipinski definition) is 1. The van der Waals surface area contributed by atoms with Gasteiger partial charge in [-0.2, -0.15) is 16.4 Å². The third kappa shape index (κ3) is 2.56.